The van der Waals surface area contributed by atoms with Crippen molar-refractivity contribution in [3.05, 3.63) is 28.8 Å². The number of nitriles is 1. The molecule has 0 bridgehead atoms. The van der Waals surface area contributed by atoms with Gasteiger partial charge in [0.2, 0.25) is 0 Å². The lowest BCUT2D eigenvalue weighted by Crippen LogP contribution is -2.24. The van der Waals surface area contributed by atoms with E-state index in [1.54, 1.807) is 7.11 Å². The molecule has 1 N–H and O–H groups in total. The molecule has 0 spiro atoms. The minimum absolute atomic E-state index is 0.437. The van der Waals surface area contributed by atoms with E-state index in [2.05, 4.69) is 11.4 Å². The molecule has 1 rings (SSSR count). The fourth-order valence-corrected chi connectivity index (χ4v) is 1.80. The van der Waals surface area contributed by atoms with Crippen LogP contribution in [0, 0.1) is 25.2 Å². The molecule has 1 aromatic carbocycles. The first kappa shape index (κ1) is 13.0. The average molecular weight is 232 g/mol. The third kappa shape index (κ3) is 3.49. The Bertz CT molecular complexity index is 461. The summed E-state index contributed by atoms with van der Waals surface area (Å²) in [4.78, 5) is 10.8. The lowest BCUT2D eigenvalue weighted by Gasteiger charge is -2.12. The van der Waals surface area contributed by atoms with E-state index in [-0.39, 0.29) is 0 Å². The lowest BCUT2D eigenvalue weighted by atomic mass is 10.0. The topological polar surface area (TPSA) is 62.1 Å². The van der Waals surface area contributed by atoms with Gasteiger partial charge in [-0.2, -0.15) is 5.26 Å². The number of benzene rings is 1. The molecule has 0 atom stereocenters. The molecule has 0 radical (unpaired) electrons. The van der Waals surface area contributed by atoms with Crippen molar-refractivity contribution in [1.82, 2.24) is 5.32 Å². The summed E-state index contributed by atoms with van der Waals surface area (Å²) in [5.74, 6) is 0.224. The van der Waals surface area contributed by atoms with Gasteiger partial charge in [0, 0.05) is 6.54 Å². The van der Waals surface area contributed by atoms with Crippen molar-refractivity contribution >= 4 is 5.91 Å². The molecule has 0 saturated heterocycles. The van der Waals surface area contributed by atoms with Gasteiger partial charge < -0.3 is 10.1 Å². The van der Waals surface area contributed by atoms with Gasteiger partial charge >= 0.3 is 5.91 Å². The quantitative estimate of drug-likeness (QED) is 0.800. The standard InChI is InChI=1S/C13H16N2O2/c1-9-6-10(2)11(12(7-9)17-3)4-5-15-13(16)8-14/h6-7H,4-5H2,1-3H3,(H,15,16). The molecular formula is C13H16N2O2. The third-order valence-electron chi connectivity index (χ3n) is 2.56. The van der Waals surface area contributed by atoms with Crippen LogP contribution in [0.3, 0.4) is 0 Å². The van der Waals surface area contributed by atoms with Crippen molar-refractivity contribution in [2.75, 3.05) is 13.7 Å². The molecule has 0 aliphatic heterocycles. The van der Waals surface area contributed by atoms with E-state index in [0.717, 1.165) is 22.4 Å². The highest BCUT2D eigenvalue weighted by Crippen LogP contribution is 2.24. The molecule has 1 aromatic rings. The lowest BCUT2D eigenvalue weighted by molar-refractivity contribution is -0.115. The minimum Gasteiger partial charge on any atom is -0.496 e. The van der Waals surface area contributed by atoms with Crippen LogP contribution in [0.2, 0.25) is 0 Å². The number of nitrogens with zero attached hydrogens (tertiary/aromatic N) is 1. The van der Waals surface area contributed by atoms with Crippen molar-refractivity contribution < 1.29 is 9.53 Å². The van der Waals surface area contributed by atoms with Gasteiger partial charge in [0.05, 0.1) is 7.11 Å². The zero-order valence-electron chi connectivity index (χ0n) is 10.3. The van der Waals surface area contributed by atoms with Crippen molar-refractivity contribution in [2.24, 2.45) is 0 Å². The Morgan fingerprint density at radius 1 is 1.47 bits per heavy atom. The van der Waals surface area contributed by atoms with Crippen LogP contribution >= 0.6 is 0 Å². The maximum atomic E-state index is 10.8. The summed E-state index contributed by atoms with van der Waals surface area (Å²) in [5.41, 5.74) is 3.34. The number of ether oxygens (including phenoxy) is 1. The highest BCUT2D eigenvalue weighted by Gasteiger charge is 2.08. The van der Waals surface area contributed by atoms with Crippen LogP contribution in [0.15, 0.2) is 12.1 Å². The number of methoxy groups -OCH3 is 1. The van der Waals surface area contributed by atoms with Gasteiger partial charge in [-0.1, -0.05) is 6.07 Å². The van der Waals surface area contributed by atoms with Gasteiger partial charge in [-0.05, 0) is 43.0 Å². The maximum absolute atomic E-state index is 10.8. The zero-order valence-corrected chi connectivity index (χ0v) is 10.3. The molecule has 0 fully saturated rings. The van der Waals surface area contributed by atoms with Crippen LogP contribution in [-0.2, 0) is 11.2 Å². The number of amides is 1. The molecule has 0 aromatic heterocycles. The Morgan fingerprint density at radius 3 is 2.76 bits per heavy atom. The molecule has 0 saturated carbocycles. The normalized spacial score (nSPS) is 9.53. The van der Waals surface area contributed by atoms with Crippen LogP contribution in [0.4, 0.5) is 0 Å². The van der Waals surface area contributed by atoms with E-state index in [0.29, 0.717) is 13.0 Å². The fourth-order valence-electron chi connectivity index (χ4n) is 1.80. The molecule has 0 aliphatic carbocycles. The second-order valence-electron chi connectivity index (χ2n) is 3.88. The molecular weight excluding hydrogens is 216 g/mol. The molecule has 0 unspecified atom stereocenters. The Kier molecular flexibility index (Phi) is 4.53. The number of hydrogen-bond acceptors (Lipinski definition) is 3. The predicted molar refractivity (Wildman–Crippen MR) is 64.8 cm³/mol. The summed E-state index contributed by atoms with van der Waals surface area (Å²) < 4.78 is 5.31. The smallest absolute Gasteiger partial charge is 0.322 e. The first-order valence-electron chi connectivity index (χ1n) is 5.40. The number of aryl methyl sites for hydroxylation is 2. The highest BCUT2D eigenvalue weighted by atomic mass is 16.5. The van der Waals surface area contributed by atoms with Crippen LogP contribution in [0.1, 0.15) is 16.7 Å². The Hall–Kier alpha value is -2.02. The van der Waals surface area contributed by atoms with E-state index >= 15 is 0 Å². The average Bonchev–Trinajstić information content (AvgIpc) is 2.30. The monoisotopic (exact) mass is 232 g/mol. The van der Waals surface area contributed by atoms with Crippen LogP contribution in [0.5, 0.6) is 5.75 Å². The number of hydrogen-bond donors (Lipinski definition) is 1. The fraction of sp³-hybridized carbons (Fsp3) is 0.385. The number of carbonyl (C=O) groups is 1. The van der Waals surface area contributed by atoms with E-state index in [1.165, 1.54) is 6.07 Å². The summed E-state index contributed by atoms with van der Waals surface area (Å²) in [6.45, 7) is 4.46. The first-order valence-corrected chi connectivity index (χ1v) is 5.40. The Labute approximate surface area is 101 Å². The number of carbonyl (C=O) groups excluding carboxylic acids is 1. The molecule has 90 valence electrons. The van der Waals surface area contributed by atoms with Gasteiger partial charge in [-0.15, -0.1) is 0 Å². The second-order valence-corrected chi connectivity index (χ2v) is 3.88. The SMILES string of the molecule is COc1cc(C)cc(C)c1CCNC(=O)C#N. The molecule has 17 heavy (non-hydrogen) atoms. The van der Waals surface area contributed by atoms with Gasteiger partial charge in [0.1, 0.15) is 5.75 Å². The minimum atomic E-state index is -0.603. The summed E-state index contributed by atoms with van der Waals surface area (Å²) in [7, 11) is 1.63. The van der Waals surface area contributed by atoms with Gasteiger partial charge in [0.15, 0.2) is 6.07 Å². The predicted octanol–water partition coefficient (Wildman–Crippen LogP) is 1.49. The summed E-state index contributed by atoms with van der Waals surface area (Å²) >= 11 is 0. The van der Waals surface area contributed by atoms with E-state index in [4.69, 9.17) is 10.00 Å². The van der Waals surface area contributed by atoms with Gasteiger partial charge in [0.25, 0.3) is 0 Å². The molecule has 4 nitrogen and oxygen atoms in total. The van der Waals surface area contributed by atoms with Crippen molar-refractivity contribution in [2.45, 2.75) is 20.3 Å². The van der Waals surface area contributed by atoms with E-state index in [1.807, 2.05) is 19.9 Å². The molecule has 0 heterocycles. The second kappa shape index (κ2) is 5.90. The summed E-state index contributed by atoms with van der Waals surface area (Å²) in [6.07, 6.45) is 0.655. The summed E-state index contributed by atoms with van der Waals surface area (Å²) in [6, 6.07) is 5.56. The Balaban J connectivity index is 2.77. The molecule has 4 heteroatoms. The molecule has 1 amide bonds. The third-order valence-corrected chi connectivity index (χ3v) is 2.56. The van der Waals surface area contributed by atoms with Crippen molar-refractivity contribution in [1.29, 1.82) is 5.26 Å². The molecule has 0 aliphatic rings. The van der Waals surface area contributed by atoms with Crippen molar-refractivity contribution in [3.8, 4) is 11.8 Å². The first-order chi connectivity index (χ1) is 8.08. The summed E-state index contributed by atoms with van der Waals surface area (Å²) in [5, 5.41) is 10.9. The van der Waals surface area contributed by atoms with Gasteiger partial charge in [-0.3, -0.25) is 4.79 Å². The number of rotatable bonds is 4. The largest absolute Gasteiger partial charge is 0.496 e. The zero-order chi connectivity index (χ0) is 12.8. The van der Waals surface area contributed by atoms with Crippen LogP contribution in [0.25, 0.3) is 0 Å². The Morgan fingerprint density at radius 2 is 2.18 bits per heavy atom. The number of nitrogens with one attached hydrogen (secondary N) is 1. The van der Waals surface area contributed by atoms with E-state index < -0.39 is 5.91 Å². The van der Waals surface area contributed by atoms with Crippen molar-refractivity contribution in [3.63, 3.8) is 0 Å². The highest BCUT2D eigenvalue weighted by molar-refractivity contribution is 5.91. The maximum Gasteiger partial charge on any atom is 0.322 e. The van der Waals surface area contributed by atoms with Gasteiger partial charge in [-0.25, -0.2) is 0 Å². The van der Waals surface area contributed by atoms with E-state index in [9.17, 15) is 4.79 Å². The van der Waals surface area contributed by atoms with Crippen LogP contribution in [-0.4, -0.2) is 19.6 Å². The van der Waals surface area contributed by atoms with Crippen LogP contribution < -0.4 is 10.1 Å².